The van der Waals surface area contributed by atoms with Gasteiger partial charge in [-0.3, -0.25) is 4.79 Å². The highest BCUT2D eigenvalue weighted by Gasteiger charge is 2.18. The lowest BCUT2D eigenvalue weighted by atomic mass is 10.1. The van der Waals surface area contributed by atoms with E-state index in [1.165, 1.54) is 12.6 Å². The average molecular weight is 165 g/mol. The first kappa shape index (κ1) is 6.90. The van der Waals surface area contributed by atoms with Crippen LogP contribution in [0.1, 0.15) is 15.9 Å². The molecule has 1 amide bonds. The van der Waals surface area contributed by atoms with Crippen molar-refractivity contribution >= 4 is 18.1 Å². The van der Waals surface area contributed by atoms with Gasteiger partial charge in [0.1, 0.15) is 6.26 Å². The minimum absolute atomic E-state index is 0.398. The maximum absolute atomic E-state index is 10.8. The van der Waals surface area contributed by atoms with E-state index in [2.05, 4.69) is 10.3 Å². The van der Waals surface area contributed by atoms with E-state index < -0.39 is 5.91 Å². The van der Waals surface area contributed by atoms with Gasteiger partial charge in [0.2, 0.25) is 5.88 Å². The zero-order valence-electron chi connectivity index (χ0n) is 6.20. The lowest BCUT2D eigenvalue weighted by Gasteiger charge is -2.05. The minimum Gasteiger partial charge on any atom is -0.445 e. The second kappa shape index (κ2) is 2.37. The van der Waals surface area contributed by atoms with Crippen LogP contribution < -0.4 is 11.1 Å². The van der Waals surface area contributed by atoms with Crippen molar-refractivity contribution in [3.8, 4) is 0 Å². The molecule has 0 atom stereocenters. The van der Waals surface area contributed by atoms with Crippen molar-refractivity contribution in [3.05, 3.63) is 17.4 Å². The number of fused-ring (bicyclic) bond motifs is 1. The Hall–Kier alpha value is -1.78. The summed E-state index contributed by atoms with van der Waals surface area (Å²) in [7, 11) is 0. The van der Waals surface area contributed by atoms with Crippen molar-refractivity contribution < 1.29 is 9.21 Å². The SMILES string of the molecule is NC(=O)c1coc2c1CNC=N2. The van der Waals surface area contributed by atoms with Gasteiger partial charge in [0.15, 0.2) is 0 Å². The lowest BCUT2D eigenvalue weighted by molar-refractivity contribution is 0.0999. The van der Waals surface area contributed by atoms with Gasteiger partial charge in [-0.15, -0.1) is 0 Å². The topological polar surface area (TPSA) is 80.6 Å². The smallest absolute Gasteiger partial charge is 0.252 e. The van der Waals surface area contributed by atoms with Gasteiger partial charge >= 0.3 is 0 Å². The average Bonchev–Trinajstić information content (AvgIpc) is 2.47. The number of furan rings is 1. The number of amides is 1. The first-order chi connectivity index (χ1) is 5.79. The number of nitrogens with one attached hydrogen (secondary N) is 1. The number of hydrogen-bond donors (Lipinski definition) is 2. The molecule has 0 saturated carbocycles. The third kappa shape index (κ3) is 0.868. The van der Waals surface area contributed by atoms with Crippen molar-refractivity contribution in [2.75, 3.05) is 0 Å². The van der Waals surface area contributed by atoms with E-state index in [9.17, 15) is 4.79 Å². The zero-order chi connectivity index (χ0) is 8.55. The molecule has 62 valence electrons. The largest absolute Gasteiger partial charge is 0.445 e. The summed E-state index contributed by atoms with van der Waals surface area (Å²) >= 11 is 0. The Labute approximate surface area is 68.3 Å². The normalized spacial score (nSPS) is 13.7. The van der Waals surface area contributed by atoms with Gasteiger partial charge in [-0.05, 0) is 0 Å². The summed E-state index contributed by atoms with van der Waals surface area (Å²) in [5, 5.41) is 2.86. The Morgan fingerprint density at radius 3 is 3.33 bits per heavy atom. The van der Waals surface area contributed by atoms with E-state index in [-0.39, 0.29) is 0 Å². The molecule has 0 saturated heterocycles. The van der Waals surface area contributed by atoms with Crippen LogP contribution in [-0.2, 0) is 6.54 Å². The Morgan fingerprint density at radius 2 is 2.58 bits per heavy atom. The van der Waals surface area contributed by atoms with Crippen molar-refractivity contribution in [2.45, 2.75) is 6.54 Å². The maximum Gasteiger partial charge on any atom is 0.252 e. The molecule has 0 radical (unpaired) electrons. The van der Waals surface area contributed by atoms with Gasteiger partial charge in [0.05, 0.1) is 11.9 Å². The fourth-order valence-corrected chi connectivity index (χ4v) is 1.11. The molecule has 0 aromatic carbocycles. The molecule has 0 unspecified atom stereocenters. The number of hydrogen-bond acceptors (Lipinski definition) is 4. The van der Waals surface area contributed by atoms with Crippen LogP contribution in [-0.4, -0.2) is 12.2 Å². The third-order valence-corrected chi connectivity index (χ3v) is 1.69. The van der Waals surface area contributed by atoms with Crippen LogP contribution in [0.2, 0.25) is 0 Å². The number of aliphatic imine (C=N–C) groups is 1. The van der Waals surface area contributed by atoms with Gasteiger partial charge in [-0.1, -0.05) is 0 Å². The molecule has 2 rings (SSSR count). The van der Waals surface area contributed by atoms with Crippen LogP contribution in [0.15, 0.2) is 15.7 Å². The molecule has 1 aromatic rings. The zero-order valence-corrected chi connectivity index (χ0v) is 6.20. The molecule has 0 aliphatic carbocycles. The van der Waals surface area contributed by atoms with Crippen molar-refractivity contribution in [3.63, 3.8) is 0 Å². The lowest BCUT2D eigenvalue weighted by Crippen LogP contribution is -2.18. The predicted molar refractivity (Wildman–Crippen MR) is 42.2 cm³/mol. The Morgan fingerprint density at radius 1 is 1.75 bits per heavy atom. The number of nitrogens with two attached hydrogens (primary N) is 1. The standard InChI is InChI=1S/C7H7N3O2/c8-6(11)5-2-12-7-4(5)1-9-3-10-7/h2-3H,1H2,(H2,8,11)(H,9,10). The van der Waals surface area contributed by atoms with E-state index >= 15 is 0 Å². The van der Waals surface area contributed by atoms with E-state index in [1.807, 2.05) is 0 Å². The second-order valence-electron chi connectivity index (χ2n) is 2.44. The Bertz CT molecular complexity index is 354. The molecule has 1 aromatic heterocycles. The molecular weight excluding hydrogens is 158 g/mol. The highest BCUT2D eigenvalue weighted by atomic mass is 16.3. The highest BCUT2D eigenvalue weighted by molar-refractivity contribution is 5.95. The summed E-state index contributed by atoms with van der Waals surface area (Å²) in [4.78, 5) is 14.7. The first-order valence-electron chi connectivity index (χ1n) is 3.45. The van der Waals surface area contributed by atoms with Crippen LogP contribution in [0.3, 0.4) is 0 Å². The number of carbonyl (C=O) groups is 1. The first-order valence-corrected chi connectivity index (χ1v) is 3.45. The molecular formula is C7H7N3O2. The summed E-state index contributed by atoms with van der Waals surface area (Å²) in [6.45, 7) is 0.535. The molecule has 12 heavy (non-hydrogen) atoms. The Balaban J connectivity index is 2.53. The molecule has 5 heteroatoms. The quantitative estimate of drug-likeness (QED) is 0.621. The van der Waals surface area contributed by atoms with E-state index in [1.54, 1.807) is 0 Å². The van der Waals surface area contributed by atoms with Crippen LogP contribution in [0, 0.1) is 0 Å². The van der Waals surface area contributed by atoms with Gasteiger partial charge in [-0.25, -0.2) is 4.99 Å². The van der Waals surface area contributed by atoms with Crippen LogP contribution in [0.4, 0.5) is 5.88 Å². The van der Waals surface area contributed by atoms with Crippen molar-refractivity contribution in [1.82, 2.24) is 5.32 Å². The van der Waals surface area contributed by atoms with E-state index in [4.69, 9.17) is 10.2 Å². The molecule has 2 heterocycles. The molecule has 1 aliphatic heterocycles. The molecule has 1 aliphatic rings. The summed E-state index contributed by atoms with van der Waals surface area (Å²) in [6, 6.07) is 0. The highest BCUT2D eigenvalue weighted by Crippen LogP contribution is 2.26. The molecule has 0 bridgehead atoms. The van der Waals surface area contributed by atoms with E-state index in [0.29, 0.717) is 18.0 Å². The van der Waals surface area contributed by atoms with Crippen LogP contribution >= 0.6 is 0 Å². The number of rotatable bonds is 1. The molecule has 5 nitrogen and oxygen atoms in total. The van der Waals surface area contributed by atoms with Gasteiger partial charge in [0.25, 0.3) is 5.91 Å². The van der Waals surface area contributed by atoms with E-state index in [0.717, 1.165) is 5.56 Å². The predicted octanol–water partition coefficient (Wildman–Crippen LogP) is 0.142. The summed E-state index contributed by atoms with van der Waals surface area (Å²) in [6.07, 6.45) is 2.86. The van der Waals surface area contributed by atoms with Crippen molar-refractivity contribution in [1.29, 1.82) is 0 Å². The molecule has 0 fully saturated rings. The fraction of sp³-hybridized carbons (Fsp3) is 0.143. The fourth-order valence-electron chi connectivity index (χ4n) is 1.11. The number of carbonyl (C=O) groups excluding carboxylic acids is 1. The van der Waals surface area contributed by atoms with Gasteiger partial charge in [0, 0.05) is 12.1 Å². The van der Waals surface area contributed by atoms with Crippen LogP contribution in [0.25, 0.3) is 0 Å². The maximum atomic E-state index is 10.8. The summed E-state index contributed by atoms with van der Waals surface area (Å²) in [5.74, 6) is -0.0264. The van der Waals surface area contributed by atoms with Gasteiger partial charge in [-0.2, -0.15) is 0 Å². The summed E-state index contributed by atoms with van der Waals surface area (Å²) < 4.78 is 5.01. The van der Waals surface area contributed by atoms with Gasteiger partial charge < -0.3 is 15.5 Å². The molecule has 3 N–H and O–H groups in total. The third-order valence-electron chi connectivity index (χ3n) is 1.69. The monoisotopic (exact) mass is 165 g/mol. The summed E-state index contributed by atoms with van der Waals surface area (Å²) in [5.41, 5.74) is 6.23. The number of nitrogens with zero attached hydrogens (tertiary/aromatic N) is 1. The van der Waals surface area contributed by atoms with Crippen molar-refractivity contribution in [2.24, 2.45) is 10.7 Å². The molecule has 0 spiro atoms. The number of primary amides is 1. The second-order valence-corrected chi connectivity index (χ2v) is 2.44. The Kier molecular flexibility index (Phi) is 1.36. The van der Waals surface area contributed by atoms with Crippen LogP contribution in [0.5, 0.6) is 0 Å². The minimum atomic E-state index is -0.487.